The number of benzene rings is 1. The summed E-state index contributed by atoms with van der Waals surface area (Å²) in [6, 6.07) is 7.41. The van der Waals surface area contributed by atoms with E-state index in [1.807, 2.05) is 30.3 Å². The number of ether oxygens (including phenoxy) is 3. The molecular weight excluding hydrogens is 638 g/mol. The number of primary amides is 1. The van der Waals surface area contributed by atoms with E-state index in [9.17, 15) is 24.0 Å². The second-order valence-corrected chi connectivity index (χ2v) is 14.5. The van der Waals surface area contributed by atoms with Crippen LogP contribution in [0.4, 0.5) is 4.79 Å². The molecule has 3 atom stereocenters. The average Bonchev–Trinajstić information content (AvgIpc) is 3.56. The van der Waals surface area contributed by atoms with Crippen LogP contribution in [-0.2, 0) is 40.0 Å². The number of carbonyl (C=O) groups excluding carboxylic acids is 5. The van der Waals surface area contributed by atoms with Crippen molar-refractivity contribution in [3.05, 3.63) is 35.9 Å². The van der Waals surface area contributed by atoms with Crippen molar-refractivity contribution in [3.63, 3.8) is 0 Å². The summed E-state index contributed by atoms with van der Waals surface area (Å²) in [5, 5.41) is 2.78. The van der Waals surface area contributed by atoms with Crippen molar-refractivity contribution in [2.24, 2.45) is 5.73 Å². The van der Waals surface area contributed by atoms with Gasteiger partial charge < -0.3 is 25.3 Å². The van der Waals surface area contributed by atoms with Gasteiger partial charge in [-0.15, -0.1) is 0 Å². The molecule has 282 valence electrons. The molecule has 50 heavy (non-hydrogen) atoms. The maximum absolute atomic E-state index is 13.6. The fourth-order valence-corrected chi connectivity index (χ4v) is 6.07. The highest BCUT2D eigenvalue weighted by molar-refractivity contribution is 5.90. The van der Waals surface area contributed by atoms with Crippen molar-refractivity contribution in [3.8, 4) is 0 Å². The van der Waals surface area contributed by atoms with E-state index in [2.05, 4.69) is 12.2 Å². The van der Waals surface area contributed by atoms with Crippen molar-refractivity contribution >= 4 is 29.8 Å². The van der Waals surface area contributed by atoms with E-state index < -0.39 is 53.6 Å². The third-order valence-corrected chi connectivity index (χ3v) is 8.74. The van der Waals surface area contributed by atoms with Crippen molar-refractivity contribution < 1.29 is 38.2 Å². The first-order valence-electron chi connectivity index (χ1n) is 18.9. The number of likely N-dealkylation sites (tertiary alicyclic amines) is 1. The van der Waals surface area contributed by atoms with Crippen molar-refractivity contribution in [1.29, 1.82) is 0 Å². The molecule has 1 fully saturated rings. The second kappa shape index (κ2) is 23.7. The molecule has 1 aliphatic heterocycles. The van der Waals surface area contributed by atoms with Crippen molar-refractivity contribution in [2.45, 2.75) is 174 Å². The van der Waals surface area contributed by atoms with Gasteiger partial charge in [0.05, 0.1) is 6.42 Å². The third kappa shape index (κ3) is 18.4. The Morgan fingerprint density at radius 3 is 2.10 bits per heavy atom. The Hall–Kier alpha value is -3.63. The lowest BCUT2D eigenvalue weighted by atomic mass is 10.0. The zero-order valence-corrected chi connectivity index (χ0v) is 31.1. The molecule has 0 unspecified atom stereocenters. The van der Waals surface area contributed by atoms with Gasteiger partial charge in [-0.25, -0.2) is 9.59 Å². The molecular formula is C39H63N3O8. The number of hydrogen-bond donors (Lipinski definition) is 2. The lowest BCUT2D eigenvalue weighted by Gasteiger charge is -2.29. The topological polar surface area (TPSA) is 154 Å². The lowest BCUT2D eigenvalue weighted by Crippen LogP contribution is -2.52. The first-order chi connectivity index (χ1) is 23.9. The van der Waals surface area contributed by atoms with Crippen molar-refractivity contribution in [2.75, 3.05) is 6.54 Å². The van der Waals surface area contributed by atoms with Crippen LogP contribution in [0.5, 0.6) is 0 Å². The summed E-state index contributed by atoms with van der Waals surface area (Å²) >= 11 is 0. The number of amides is 3. The molecule has 0 bridgehead atoms. The Morgan fingerprint density at radius 1 is 0.880 bits per heavy atom. The summed E-state index contributed by atoms with van der Waals surface area (Å²) in [7, 11) is 0. The Morgan fingerprint density at radius 2 is 1.50 bits per heavy atom. The van der Waals surface area contributed by atoms with Gasteiger partial charge >= 0.3 is 18.0 Å². The van der Waals surface area contributed by atoms with E-state index >= 15 is 0 Å². The smallest absolute Gasteiger partial charge is 0.410 e. The third-order valence-electron chi connectivity index (χ3n) is 8.74. The number of nitrogens with one attached hydrogen (secondary N) is 1. The second-order valence-electron chi connectivity index (χ2n) is 14.5. The first-order valence-corrected chi connectivity index (χ1v) is 18.9. The molecule has 11 nitrogen and oxygen atoms in total. The number of rotatable bonds is 24. The summed E-state index contributed by atoms with van der Waals surface area (Å²) < 4.78 is 16.7. The highest BCUT2D eigenvalue weighted by atomic mass is 16.6. The minimum atomic E-state index is -1.10. The highest BCUT2D eigenvalue weighted by Gasteiger charge is 2.38. The monoisotopic (exact) mass is 701 g/mol. The fourth-order valence-electron chi connectivity index (χ4n) is 6.07. The van der Waals surface area contributed by atoms with Crippen molar-refractivity contribution in [1.82, 2.24) is 10.2 Å². The Bertz CT molecular complexity index is 1170. The maximum Gasteiger partial charge on any atom is 0.410 e. The van der Waals surface area contributed by atoms with Gasteiger partial charge in [-0.1, -0.05) is 101 Å². The molecule has 0 saturated carbocycles. The van der Waals surface area contributed by atoms with Crippen LogP contribution in [0.2, 0.25) is 0 Å². The molecule has 1 heterocycles. The molecule has 11 heteroatoms. The molecule has 2 rings (SSSR count). The number of esters is 2. The molecule has 0 aromatic heterocycles. The summed E-state index contributed by atoms with van der Waals surface area (Å²) in [6.45, 7) is 7.98. The van der Waals surface area contributed by atoms with Gasteiger partial charge in [0.25, 0.3) is 0 Å². The van der Waals surface area contributed by atoms with Gasteiger partial charge in [0.1, 0.15) is 30.4 Å². The first kappa shape index (κ1) is 42.5. The fraction of sp³-hybridized carbons (Fsp3) is 0.718. The van der Waals surface area contributed by atoms with Crippen LogP contribution >= 0.6 is 0 Å². The summed E-state index contributed by atoms with van der Waals surface area (Å²) in [4.78, 5) is 65.7. The molecule has 1 aromatic rings. The Kier molecular flexibility index (Phi) is 20.2. The highest BCUT2D eigenvalue weighted by Crippen LogP contribution is 2.22. The van der Waals surface area contributed by atoms with E-state index in [0.29, 0.717) is 25.8 Å². The predicted molar refractivity (Wildman–Crippen MR) is 193 cm³/mol. The zero-order chi connectivity index (χ0) is 36.8. The summed E-state index contributed by atoms with van der Waals surface area (Å²) in [6.07, 6.45) is 13.3. The lowest BCUT2D eigenvalue weighted by molar-refractivity contribution is -0.155. The molecule has 0 aliphatic carbocycles. The van der Waals surface area contributed by atoms with E-state index in [-0.39, 0.29) is 32.3 Å². The quantitative estimate of drug-likeness (QED) is 0.0648. The molecule has 1 aromatic carbocycles. The van der Waals surface area contributed by atoms with Crippen LogP contribution < -0.4 is 11.1 Å². The van der Waals surface area contributed by atoms with Gasteiger partial charge in [-0.05, 0) is 64.9 Å². The van der Waals surface area contributed by atoms with Crippen LogP contribution in [0.3, 0.4) is 0 Å². The number of unbranched alkanes of at least 4 members (excludes halogenated alkanes) is 10. The largest absolute Gasteiger partial charge is 0.461 e. The van der Waals surface area contributed by atoms with Crippen LogP contribution in [0.15, 0.2) is 30.3 Å². The van der Waals surface area contributed by atoms with E-state index in [4.69, 9.17) is 19.9 Å². The standard InChI is InChI=1S/C39H63N3O8/c1-5-6-7-8-9-10-11-12-13-14-18-23-31(28-34(40)43)49-37(46)32(24-19-26-35(44)48-29-30-21-16-15-17-22-30)41-36(45)33-25-20-27-42(33)38(47)50-39(2,3)4/h15-17,21-22,31-33H,5-14,18-20,23-29H2,1-4H3,(H2,40,43)(H,41,45)/t31-,32-,33+/m0/s1. The number of nitrogens with zero attached hydrogens (tertiary/aromatic N) is 1. The van der Waals surface area contributed by atoms with Gasteiger partial charge in [0, 0.05) is 13.0 Å². The molecule has 0 spiro atoms. The predicted octanol–water partition coefficient (Wildman–Crippen LogP) is 7.27. The SMILES string of the molecule is CCCCCCCCCCCCC[C@@H](CC(N)=O)OC(=O)[C@H](CCCC(=O)OCc1ccccc1)NC(=O)[C@H]1CCCN1C(=O)OC(C)(C)C. The van der Waals surface area contributed by atoms with Gasteiger partial charge in [0.15, 0.2) is 0 Å². The van der Waals surface area contributed by atoms with Crippen LogP contribution in [0, 0.1) is 0 Å². The maximum atomic E-state index is 13.6. The van der Waals surface area contributed by atoms with Gasteiger partial charge in [-0.3, -0.25) is 19.3 Å². The molecule has 0 radical (unpaired) electrons. The van der Waals surface area contributed by atoms with E-state index in [1.54, 1.807) is 20.8 Å². The van der Waals surface area contributed by atoms with Crippen LogP contribution in [0.1, 0.15) is 149 Å². The number of nitrogens with two attached hydrogens (primary N) is 1. The summed E-state index contributed by atoms with van der Waals surface area (Å²) in [5.74, 6) is -2.21. The van der Waals surface area contributed by atoms with E-state index in [0.717, 1.165) is 31.2 Å². The van der Waals surface area contributed by atoms with Crippen LogP contribution in [0.25, 0.3) is 0 Å². The zero-order valence-electron chi connectivity index (χ0n) is 31.1. The molecule has 3 N–H and O–H groups in total. The molecule has 1 aliphatic rings. The molecule has 1 saturated heterocycles. The van der Waals surface area contributed by atoms with E-state index in [1.165, 1.54) is 49.8 Å². The van der Waals surface area contributed by atoms with Gasteiger partial charge in [-0.2, -0.15) is 0 Å². The van der Waals surface area contributed by atoms with Gasteiger partial charge in [0.2, 0.25) is 11.8 Å². The normalized spacial score (nSPS) is 15.6. The van der Waals surface area contributed by atoms with Crippen LogP contribution in [-0.4, -0.2) is 65.1 Å². The molecule has 3 amide bonds. The average molecular weight is 702 g/mol. The minimum absolute atomic E-state index is 0.0312. The number of hydrogen-bond acceptors (Lipinski definition) is 8. The Labute approximate surface area is 299 Å². The minimum Gasteiger partial charge on any atom is -0.461 e. The Balaban J connectivity index is 1.98. The summed E-state index contributed by atoms with van der Waals surface area (Å²) in [5.41, 5.74) is 5.64. The number of carbonyl (C=O) groups is 5.